The molecule has 0 saturated carbocycles. The van der Waals surface area contributed by atoms with E-state index in [1.807, 2.05) is 4.68 Å². The molecule has 7 heteroatoms. The number of likely N-dealkylation sites (tertiary alicyclic amines) is 1. The second-order valence-corrected chi connectivity index (χ2v) is 7.31. The Morgan fingerprint density at radius 2 is 2.32 bits per heavy atom. The van der Waals surface area contributed by atoms with Crippen LogP contribution in [0.4, 0.5) is 0 Å². The third-order valence-corrected chi connectivity index (χ3v) is 5.94. The molecule has 0 aliphatic carbocycles. The zero-order chi connectivity index (χ0) is 14.8. The van der Waals surface area contributed by atoms with Crippen molar-refractivity contribution in [3.63, 3.8) is 0 Å². The van der Waals surface area contributed by atoms with Crippen LogP contribution in [0.3, 0.4) is 0 Å². The predicted molar refractivity (Wildman–Crippen MR) is 88.9 cm³/mol. The molecule has 1 aliphatic heterocycles. The Labute approximate surface area is 137 Å². The molecule has 4 rings (SSSR count). The highest BCUT2D eigenvalue weighted by molar-refractivity contribution is 7.20. The summed E-state index contributed by atoms with van der Waals surface area (Å²) < 4.78 is 1.93. The number of rotatable bonds is 5. The van der Waals surface area contributed by atoms with Crippen LogP contribution in [-0.4, -0.2) is 37.2 Å². The van der Waals surface area contributed by atoms with Crippen LogP contribution in [0.1, 0.15) is 18.5 Å². The molecule has 1 unspecified atom stereocenters. The van der Waals surface area contributed by atoms with Crippen LogP contribution >= 0.6 is 22.7 Å². The summed E-state index contributed by atoms with van der Waals surface area (Å²) in [7, 11) is 0. The van der Waals surface area contributed by atoms with Crippen molar-refractivity contribution in [1.29, 1.82) is 0 Å². The molecule has 0 aromatic carbocycles. The van der Waals surface area contributed by atoms with E-state index in [2.05, 4.69) is 37.9 Å². The molecule has 0 bridgehead atoms. The summed E-state index contributed by atoms with van der Waals surface area (Å²) in [5.74, 6) is 0. The molecule has 1 saturated heterocycles. The SMILES string of the molecule is c1csc(-c2nc(CN3CCCC3Cn3cncn3)cs2)c1. The van der Waals surface area contributed by atoms with Crippen molar-refractivity contribution in [3.8, 4) is 9.88 Å². The minimum Gasteiger partial charge on any atom is -0.293 e. The van der Waals surface area contributed by atoms with E-state index >= 15 is 0 Å². The van der Waals surface area contributed by atoms with E-state index in [1.54, 1.807) is 35.3 Å². The summed E-state index contributed by atoms with van der Waals surface area (Å²) in [6.45, 7) is 2.99. The Kier molecular flexibility index (Phi) is 4.01. The van der Waals surface area contributed by atoms with Crippen LogP contribution < -0.4 is 0 Å². The predicted octanol–water partition coefficient (Wildman–Crippen LogP) is 3.13. The molecule has 3 aromatic heterocycles. The minimum absolute atomic E-state index is 0.536. The van der Waals surface area contributed by atoms with E-state index in [9.17, 15) is 0 Å². The summed E-state index contributed by atoms with van der Waals surface area (Å²) in [6, 6.07) is 4.75. The van der Waals surface area contributed by atoms with Gasteiger partial charge in [0.25, 0.3) is 0 Å². The summed E-state index contributed by atoms with van der Waals surface area (Å²) in [5, 5.41) is 9.66. The van der Waals surface area contributed by atoms with Crippen molar-refractivity contribution in [3.05, 3.63) is 41.2 Å². The zero-order valence-corrected chi connectivity index (χ0v) is 13.8. The van der Waals surface area contributed by atoms with Gasteiger partial charge < -0.3 is 0 Å². The molecule has 4 heterocycles. The average Bonchev–Trinajstić information content (AvgIpc) is 3.28. The Hall–Kier alpha value is -1.57. The van der Waals surface area contributed by atoms with Gasteiger partial charge in [0.2, 0.25) is 0 Å². The van der Waals surface area contributed by atoms with Crippen molar-refractivity contribution in [1.82, 2.24) is 24.6 Å². The van der Waals surface area contributed by atoms with Gasteiger partial charge in [-0.25, -0.2) is 9.97 Å². The lowest BCUT2D eigenvalue weighted by molar-refractivity contribution is 0.217. The van der Waals surface area contributed by atoms with E-state index < -0.39 is 0 Å². The number of hydrogen-bond donors (Lipinski definition) is 0. The van der Waals surface area contributed by atoms with Crippen molar-refractivity contribution >= 4 is 22.7 Å². The fraction of sp³-hybridized carbons (Fsp3) is 0.400. The first kappa shape index (κ1) is 14.0. The molecule has 0 N–H and O–H groups in total. The smallest absolute Gasteiger partial charge is 0.137 e. The topological polar surface area (TPSA) is 46.8 Å². The van der Waals surface area contributed by atoms with E-state index in [1.165, 1.54) is 23.4 Å². The van der Waals surface area contributed by atoms with E-state index in [-0.39, 0.29) is 0 Å². The summed E-state index contributed by atoms with van der Waals surface area (Å²) in [5.41, 5.74) is 1.18. The van der Waals surface area contributed by atoms with Crippen molar-refractivity contribution in [2.75, 3.05) is 6.54 Å². The summed E-state index contributed by atoms with van der Waals surface area (Å²) in [4.78, 5) is 12.6. The first-order valence-corrected chi connectivity index (χ1v) is 9.19. The monoisotopic (exact) mass is 331 g/mol. The van der Waals surface area contributed by atoms with E-state index in [0.717, 1.165) is 24.6 Å². The van der Waals surface area contributed by atoms with Crippen LogP contribution in [0, 0.1) is 0 Å². The molecule has 0 radical (unpaired) electrons. The van der Waals surface area contributed by atoms with Crippen molar-refractivity contribution < 1.29 is 0 Å². The lowest BCUT2D eigenvalue weighted by Gasteiger charge is -2.23. The van der Waals surface area contributed by atoms with Crippen LogP contribution in [0.5, 0.6) is 0 Å². The molecule has 0 amide bonds. The largest absolute Gasteiger partial charge is 0.293 e. The van der Waals surface area contributed by atoms with Crippen LogP contribution in [-0.2, 0) is 13.1 Å². The highest BCUT2D eigenvalue weighted by Crippen LogP contribution is 2.29. The van der Waals surface area contributed by atoms with Gasteiger partial charge in [0.1, 0.15) is 17.7 Å². The van der Waals surface area contributed by atoms with Gasteiger partial charge in [0.15, 0.2) is 0 Å². The van der Waals surface area contributed by atoms with Crippen LogP contribution in [0.15, 0.2) is 35.5 Å². The Morgan fingerprint density at radius 3 is 3.14 bits per heavy atom. The van der Waals surface area contributed by atoms with Gasteiger partial charge in [-0.15, -0.1) is 22.7 Å². The van der Waals surface area contributed by atoms with Gasteiger partial charge in [-0.2, -0.15) is 5.10 Å². The lowest BCUT2D eigenvalue weighted by Crippen LogP contribution is -2.32. The minimum atomic E-state index is 0.536. The van der Waals surface area contributed by atoms with Gasteiger partial charge in [-0.05, 0) is 30.8 Å². The number of thiophene rings is 1. The maximum absolute atomic E-state index is 4.80. The number of hydrogen-bond acceptors (Lipinski definition) is 6. The quantitative estimate of drug-likeness (QED) is 0.721. The first-order valence-electron chi connectivity index (χ1n) is 7.43. The third-order valence-electron chi connectivity index (χ3n) is 4.01. The van der Waals surface area contributed by atoms with Gasteiger partial charge in [0.05, 0.1) is 17.1 Å². The molecule has 1 fully saturated rings. The average molecular weight is 331 g/mol. The van der Waals surface area contributed by atoms with Gasteiger partial charge >= 0.3 is 0 Å². The van der Waals surface area contributed by atoms with Crippen LogP contribution in [0.2, 0.25) is 0 Å². The maximum Gasteiger partial charge on any atom is 0.137 e. The van der Waals surface area contributed by atoms with Gasteiger partial charge in [-0.1, -0.05) is 6.07 Å². The van der Waals surface area contributed by atoms with E-state index in [4.69, 9.17) is 4.98 Å². The van der Waals surface area contributed by atoms with E-state index in [0.29, 0.717) is 6.04 Å². The number of aromatic nitrogens is 4. The lowest BCUT2D eigenvalue weighted by atomic mass is 10.2. The third kappa shape index (κ3) is 2.97. The molecule has 5 nitrogen and oxygen atoms in total. The number of nitrogens with zero attached hydrogens (tertiary/aromatic N) is 5. The molecule has 22 heavy (non-hydrogen) atoms. The van der Waals surface area contributed by atoms with Gasteiger partial charge in [0, 0.05) is 18.0 Å². The standard InChI is InChI=1S/C15H17N5S2/c1-3-13(8-20-11-16-10-17-20)19(5-1)7-12-9-22-15(18-12)14-4-2-6-21-14/h2,4,6,9-11,13H,1,3,5,7-8H2. The molecule has 3 aromatic rings. The summed E-state index contributed by atoms with van der Waals surface area (Å²) in [6.07, 6.45) is 5.88. The second kappa shape index (κ2) is 6.28. The Balaban J connectivity index is 1.44. The highest BCUT2D eigenvalue weighted by atomic mass is 32.1. The fourth-order valence-electron chi connectivity index (χ4n) is 2.95. The van der Waals surface area contributed by atoms with Gasteiger partial charge in [-0.3, -0.25) is 9.58 Å². The second-order valence-electron chi connectivity index (χ2n) is 5.51. The molecule has 114 valence electrons. The molecule has 0 spiro atoms. The zero-order valence-electron chi connectivity index (χ0n) is 12.1. The normalized spacial score (nSPS) is 19.0. The number of thiazole rings is 1. The summed E-state index contributed by atoms with van der Waals surface area (Å²) >= 11 is 3.49. The Morgan fingerprint density at radius 1 is 1.32 bits per heavy atom. The maximum atomic E-state index is 4.80. The Bertz CT molecular complexity index is 704. The molecule has 1 atom stereocenters. The van der Waals surface area contributed by atoms with Crippen molar-refractivity contribution in [2.24, 2.45) is 0 Å². The van der Waals surface area contributed by atoms with Crippen LogP contribution in [0.25, 0.3) is 9.88 Å². The molecular weight excluding hydrogens is 314 g/mol. The fourth-order valence-corrected chi connectivity index (χ4v) is 4.58. The molecule has 1 aliphatic rings. The highest BCUT2D eigenvalue weighted by Gasteiger charge is 2.25. The molecular formula is C15H17N5S2. The van der Waals surface area contributed by atoms with Crippen molar-refractivity contribution in [2.45, 2.75) is 32.0 Å². The first-order chi connectivity index (χ1) is 10.9.